The number of nitrogens with one attached hydrogen (secondary N) is 1. The van der Waals surface area contributed by atoms with Crippen LogP contribution in [0.5, 0.6) is 5.75 Å². The molecule has 2 rings (SSSR count). The minimum atomic E-state index is 0.138. The Hall–Kier alpha value is -1.42. The van der Waals surface area contributed by atoms with E-state index in [0.29, 0.717) is 5.69 Å². The fraction of sp³-hybridized carbons (Fsp3) is 0.600. The first-order valence-electron chi connectivity index (χ1n) is 7.06. The lowest BCUT2D eigenvalue weighted by Crippen LogP contribution is -2.27. The van der Waals surface area contributed by atoms with E-state index in [2.05, 4.69) is 17.3 Å². The van der Waals surface area contributed by atoms with E-state index in [1.807, 2.05) is 32.0 Å². The number of rotatable bonds is 7. The maximum absolute atomic E-state index is 5.90. The Bertz CT molecular complexity index is 416. The summed E-state index contributed by atoms with van der Waals surface area (Å²) in [4.78, 5) is 2.41. The molecule has 0 saturated heterocycles. The molecule has 0 amide bonds. The summed E-state index contributed by atoms with van der Waals surface area (Å²) in [5.74, 6) is 0.760. The van der Waals surface area contributed by atoms with Gasteiger partial charge in [0, 0.05) is 30.9 Å². The van der Waals surface area contributed by atoms with Gasteiger partial charge in [0.1, 0.15) is 5.75 Å². The number of nitrogen functional groups attached to an aromatic ring is 1. The summed E-state index contributed by atoms with van der Waals surface area (Å²) in [6.07, 6.45) is 2.84. The van der Waals surface area contributed by atoms with Crippen LogP contribution in [0.2, 0.25) is 0 Å². The zero-order valence-corrected chi connectivity index (χ0v) is 12.1. The Morgan fingerprint density at radius 1 is 1.42 bits per heavy atom. The number of anilines is 2. The summed E-state index contributed by atoms with van der Waals surface area (Å²) in [6, 6.07) is 6.68. The van der Waals surface area contributed by atoms with Crippen molar-refractivity contribution in [2.75, 3.05) is 31.2 Å². The normalized spacial score (nSPS) is 15.0. The molecule has 0 aliphatic heterocycles. The van der Waals surface area contributed by atoms with Gasteiger partial charge >= 0.3 is 0 Å². The first kappa shape index (κ1) is 14.0. The molecule has 1 aromatic carbocycles. The zero-order valence-electron chi connectivity index (χ0n) is 12.1. The van der Waals surface area contributed by atoms with E-state index in [9.17, 15) is 0 Å². The van der Waals surface area contributed by atoms with Crippen LogP contribution in [0, 0.1) is 0 Å². The van der Waals surface area contributed by atoms with E-state index in [0.717, 1.165) is 30.6 Å². The van der Waals surface area contributed by atoms with E-state index < -0.39 is 0 Å². The predicted molar refractivity (Wildman–Crippen MR) is 80.8 cm³/mol. The number of hydrogen-bond acceptors (Lipinski definition) is 4. The molecule has 19 heavy (non-hydrogen) atoms. The molecular formula is C15H25N3O. The Morgan fingerprint density at radius 3 is 2.79 bits per heavy atom. The van der Waals surface area contributed by atoms with Gasteiger partial charge in [-0.25, -0.2) is 0 Å². The van der Waals surface area contributed by atoms with E-state index in [4.69, 9.17) is 10.5 Å². The molecule has 4 nitrogen and oxygen atoms in total. The van der Waals surface area contributed by atoms with E-state index >= 15 is 0 Å². The van der Waals surface area contributed by atoms with Gasteiger partial charge in [0.05, 0.1) is 11.8 Å². The molecule has 3 N–H and O–H groups in total. The van der Waals surface area contributed by atoms with Gasteiger partial charge in [0.2, 0.25) is 0 Å². The van der Waals surface area contributed by atoms with Crippen molar-refractivity contribution in [1.82, 2.24) is 4.90 Å². The van der Waals surface area contributed by atoms with Crippen LogP contribution in [0.15, 0.2) is 18.2 Å². The summed E-state index contributed by atoms with van der Waals surface area (Å²) < 4.78 is 5.69. The summed E-state index contributed by atoms with van der Waals surface area (Å²) in [6.45, 7) is 6.02. The Kier molecular flexibility index (Phi) is 4.53. The Morgan fingerprint density at radius 2 is 2.16 bits per heavy atom. The second-order valence-electron chi connectivity index (χ2n) is 5.56. The lowest BCUT2D eigenvalue weighted by atomic mass is 10.2. The molecule has 1 saturated carbocycles. The van der Waals surface area contributed by atoms with Gasteiger partial charge in [0.25, 0.3) is 0 Å². The van der Waals surface area contributed by atoms with Crippen molar-refractivity contribution >= 4 is 11.4 Å². The quantitative estimate of drug-likeness (QED) is 0.742. The molecule has 0 heterocycles. The molecule has 0 bridgehead atoms. The fourth-order valence-corrected chi connectivity index (χ4v) is 2.07. The molecule has 4 heteroatoms. The highest BCUT2D eigenvalue weighted by Crippen LogP contribution is 2.27. The topological polar surface area (TPSA) is 50.5 Å². The average Bonchev–Trinajstić information content (AvgIpc) is 3.16. The third-order valence-corrected chi connectivity index (χ3v) is 3.34. The summed E-state index contributed by atoms with van der Waals surface area (Å²) in [5, 5.41) is 3.42. The molecule has 0 aromatic heterocycles. The number of hydrogen-bond donors (Lipinski definition) is 2. The van der Waals surface area contributed by atoms with Crippen LogP contribution in [0.1, 0.15) is 26.7 Å². The van der Waals surface area contributed by atoms with Crippen LogP contribution in [0.25, 0.3) is 0 Å². The molecular weight excluding hydrogens is 238 g/mol. The van der Waals surface area contributed by atoms with Gasteiger partial charge in [0.15, 0.2) is 0 Å². The number of nitrogens with zero attached hydrogens (tertiary/aromatic N) is 1. The minimum Gasteiger partial charge on any atom is -0.489 e. The highest BCUT2D eigenvalue weighted by atomic mass is 16.5. The number of ether oxygens (including phenoxy) is 1. The van der Waals surface area contributed by atoms with Gasteiger partial charge in [-0.05, 0) is 45.9 Å². The average molecular weight is 263 g/mol. The summed E-state index contributed by atoms with van der Waals surface area (Å²) in [5.41, 5.74) is 7.65. The predicted octanol–water partition coefficient (Wildman–Crippen LogP) is 2.56. The van der Waals surface area contributed by atoms with Crippen molar-refractivity contribution in [1.29, 1.82) is 0 Å². The van der Waals surface area contributed by atoms with E-state index in [1.54, 1.807) is 0 Å². The largest absolute Gasteiger partial charge is 0.489 e. The van der Waals surface area contributed by atoms with Crippen LogP contribution < -0.4 is 15.8 Å². The lowest BCUT2D eigenvalue weighted by molar-refractivity contribution is 0.244. The second kappa shape index (κ2) is 6.15. The van der Waals surface area contributed by atoms with Gasteiger partial charge in [-0.15, -0.1) is 0 Å². The molecule has 0 unspecified atom stereocenters. The number of benzene rings is 1. The summed E-state index contributed by atoms with van der Waals surface area (Å²) in [7, 11) is 2.19. The SMILES string of the molecule is CC(C)Oc1cc(NCCN(C)C2CC2)ccc1N. The third kappa shape index (κ3) is 4.31. The first-order valence-corrected chi connectivity index (χ1v) is 7.06. The van der Waals surface area contributed by atoms with Crippen molar-refractivity contribution in [3.8, 4) is 5.75 Å². The maximum atomic E-state index is 5.90. The van der Waals surface area contributed by atoms with Gasteiger partial charge in [-0.1, -0.05) is 0 Å². The van der Waals surface area contributed by atoms with Crippen molar-refractivity contribution in [2.45, 2.75) is 38.8 Å². The second-order valence-corrected chi connectivity index (χ2v) is 5.56. The van der Waals surface area contributed by atoms with Crippen LogP contribution in [0.3, 0.4) is 0 Å². The van der Waals surface area contributed by atoms with Crippen LogP contribution in [0.4, 0.5) is 11.4 Å². The molecule has 0 radical (unpaired) electrons. The highest BCUT2D eigenvalue weighted by molar-refractivity contribution is 5.61. The molecule has 1 aromatic rings. The molecule has 1 aliphatic rings. The van der Waals surface area contributed by atoms with Crippen LogP contribution >= 0.6 is 0 Å². The molecule has 1 fully saturated rings. The van der Waals surface area contributed by atoms with Crippen molar-refractivity contribution in [3.63, 3.8) is 0 Å². The zero-order chi connectivity index (χ0) is 13.8. The minimum absolute atomic E-state index is 0.138. The standard InChI is InChI=1S/C15H25N3O/c1-11(2)19-15-10-12(4-7-14(15)16)17-8-9-18(3)13-5-6-13/h4,7,10-11,13,17H,5-6,8-9,16H2,1-3H3. The first-order chi connectivity index (χ1) is 9.06. The fourth-order valence-electron chi connectivity index (χ4n) is 2.07. The van der Waals surface area contributed by atoms with E-state index in [1.165, 1.54) is 12.8 Å². The Labute approximate surface area is 115 Å². The van der Waals surface area contributed by atoms with Crippen molar-refractivity contribution in [3.05, 3.63) is 18.2 Å². The lowest BCUT2D eigenvalue weighted by Gasteiger charge is -2.17. The smallest absolute Gasteiger partial charge is 0.144 e. The van der Waals surface area contributed by atoms with Crippen molar-refractivity contribution in [2.24, 2.45) is 0 Å². The van der Waals surface area contributed by atoms with E-state index in [-0.39, 0.29) is 6.10 Å². The van der Waals surface area contributed by atoms with Gasteiger partial charge < -0.3 is 20.7 Å². The summed E-state index contributed by atoms with van der Waals surface area (Å²) >= 11 is 0. The van der Waals surface area contributed by atoms with Crippen LogP contribution in [-0.4, -0.2) is 37.2 Å². The molecule has 106 valence electrons. The third-order valence-electron chi connectivity index (χ3n) is 3.34. The van der Waals surface area contributed by atoms with Crippen LogP contribution in [-0.2, 0) is 0 Å². The highest BCUT2D eigenvalue weighted by Gasteiger charge is 2.25. The molecule has 1 aliphatic carbocycles. The number of nitrogens with two attached hydrogens (primary N) is 1. The van der Waals surface area contributed by atoms with Crippen molar-refractivity contribution < 1.29 is 4.74 Å². The molecule has 0 spiro atoms. The maximum Gasteiger partial charge on any atom is 0.144 e. The number of likely N-dealkylation sites (N-methyl/N-ethyl adjacent to an activating group) is 1. The Balaban J connectivity index is 1.85. The van der Waals surface area contributed by atoms with Gasteiger partial charge in [-0.3, -0.25) is 0 Å². The van der Waals surface area contributed by atoms with Gasteiger partial charge in [-0.2, -0.15) is 0 Å². The monoisotopic (exact) mass is 263 g/mol. The molecule has 0 atom stereocenters.